The summed E-state index contributed by atoms with van der Waals surface area (Å²) in [5.74, 6) is -0.173. The van der Waals surface area contributed by atoms with Crippen LogP contribution < -0.4 is 9.47 Å². The Kier molecular flexibility index (Phi) is 5.99. The van der Waals surface area contributed by atoms with Gasteiger partial charge in [-0.3, -0.25) is 14.6 Å². The first-order valence-corrected chi connectivity index (χ1v) is 11.7. The zero-order chi connectivity index (χ0) is 24.5. The van der Waals surface area contributed by atoms with Gasteiger partial charge in [0.2, 0.25) is 0 Å². The lowest BCUT2D eigenvalue weighted by atomic mass is 9.94. The fourth-order valence-corrected chi connectivity index (χ4v) is 4.74. The molecule has 5 rings (SSSR count). The molecule has 35 heavy (non-hydrogen) atoms. The van der Waals surface area contributed by atoms with Crippen molar-refractivity contribution in [3.05, 3.63) is 94.8 Å². The summed E-state index contributed by atoms with van der Waals surface area (Å²) in [7, 11) is 0. The molecule has 0 aliphatic carbocycles. The second kappa shape index (κ2) is 9.25. The van der Waals surface area contributed by atoms with E-state index >= 15 is 0 Å². The number of amides is 1. The summed E-state index contributed by atoms with van der Waals surface area (Å²) in [5, 5.41) is 11.4. The number of Topliss-reactive ketones (excluding diaryl/α,β-unsaturated/α-hetero) is 1. The number of hydrogen-bond acceptors (Lipinski definition) is 6. The van der Waals surface area contributed by atoms with Gasteiger partial charge in [0.05, 0.1) is 18.2 Å². The Morgan fingerprint density at radius 3 is 2.71 bits per heavy atom. The lowest BCUT2D eigenvalue weighted by Gasteiger charge is -2.25. The van der Waals surface area contributed by atoms with Crippen molar-refractivity contribution in [3.8, 4) is 11.5 Å². The Morgan fingerprint density at radius 2 is 1.94 bits per heavy atom. The third-order valence-corrected chi connectivity index (χ3v) is 6.30. The van der Waals surface area contributed by atoms with E-state index < -0.39 is 17.7 Å². The van der Waals surface area contributed by atoms with Crippen LogP contribution in [0.15, 0.2) is 72.6 Å². The van der Waals surface area contributed by atoms with Gasteiger partial charge in [-0.1, -0.05) is 12.1 Å². The lowest BCUT2D eigenvalue weighted by molar-refractivity contribution is -0.140. The first kappa shape index (κ1) is 22.7. The summed E-state index contributed by atoms with van der Waals surface area (Å²) < 4.78 is 11.4. The molecule has 2 atom stereocenters. The minimum Gasteiger partial charge on any atom is -0.507 e. The summed E-state index contributed by atoms with van der Waals surface area (Å²) in [4.78, 5) is 32.1. The standard InChI is InChI=1S/C28H26N2O5/c1-3-34-22-6-4-5-19(15-22)25-24(26(31)20-7-8-23-21(14-20)13-17(2)35-23)27(32)28(33)30(25)16-18-9-11-29-12-10-18/h4-12,14-15,17,25,31H,3,13,16H2,1-2H3/t17-,25+/m1/s1. The van der Waals surface area contributed by atoms with Crippen molar-refractivity contribution in [1.82, 2.24) is 9.88 Å². The molecule has 7 heteroatoms. The molecule has 2 aromatic carbocycles. The number of aliphatic hydroxyl groups is 1. The van der Waals surface area contributed by atoms with Gasteiger partial charge in [0.15, 0.2) is 0 Å². The van der Waals surface area contributed by atoms with Gasteiger partial charge in [-0.25, -0.2) is 0 Å². The van der Waals surface area contributed by atoms with E-state index in [0.29, 0.717) is 29.9 Å². The molecule has 0 spiro atoms. The van der Waals surface area contributed by atoms with Gasteiger partial charge in [-0.05, 0) is 73.0 Å². The third kappa shape index (κ3) is 4.25. The number of ketones is 1. The van der Waals surface area contributed by atoms with Gasteiger partial charge in [0.25, 0.3) is 11.7 Å². The van der Waals surface area contributed by atoms with Crippen LogP contribution in [-0.4, -0.2) is 39.4 Å². The highest BCUT2D eigenvalue weighted by atomic mass is 16.5. The molecule has 178 valence electrons. The van der Waals surface area contributed by atoms with Gasteiger partial charge < -0.3 is 19.5 Å². The third-order valence-electron chi connectivity index (χ3n) is 6.30. The van der Waals surface area contributed by atoms with E-state index in [0.717, 1.165) is 16.9 Å². The number of likely N-dealkylation sites (tertiary alicyclic amines) is 1. The smallest absolute Gasteiger partial charge is 0.295 e. The van der Waals surface area contributed by atoms with E-state index in [9.17, 15) is 14.7 Å². The molecular formula is C28H26N2O5. The van der Waals surface area contributed by atoms with Gasteiger partial charge in [0, 0.05) is 30.9 Å². The summed E-state index contributed by atoms with van der Waals surface area (Å²) in [5.41, 5.74) is 3.02. The molecule has 0 radical (unpaired) electrons. The maximum absolute atomic E-state index is 13.3. The Labute approximate surface area is 203 Å². The van der Waals surface area contributed by atoms with Gasteiger partial charge in [-0.15, -0.1) is 0 Å². The molecule has 2 aliphatic rings. The molecule has 3 aromatic rings. The monoisotopic (exact) mass is 470 g/mol. The number of ether oxygens (including phenoxy) is 2. The Morgan fingerprint density at radius 1 is 1.14 bits per heavy atom. The Balaban J connectivity index is 1.63. The molecule has 0 bridgehead atoms. The van der Waals surface area contributed by atoms with Gasteiger partial charge >= 0.3 is 0 Å². The molecule has 2 aliphatic heterocycles. The fourth-order valence-electron chi connectivity index (χ4n) is 4.74. The van der Waals surface area contributed by atoms with Crippen molar-refractivity contribution in [2.75, 3.05) is 6.61 Å². The van der Waals surface area contributed by atoms with Crippen molar-refractivity contribution in [1.29, 1.82) is 0 Å². The van der Waals surface area contributed by atoms with E-state index in [1.54, 1.807) is 36.7 Å². The molecule has 0 saturated carbocycles. The molecule has 1 saturated heterocycles. The number of benzene rings is 2. The fraction of sp³-hybridized carbons (Fsp3) is 0.250. The number of carbonyl (C=O) groups is 2. The van der Waals surface area contributed by atoms with Crippen LogP contribution >= 0.6 is 0 Å². The van der Waals surface area contributed by atoms with Crippen molar-refractivity contribution < 1.29 is 24.2 Å². The predicted octanol–water partition coefficient (Wildman–Crippen LogP) is 4.43. The van der Waals surface area contributed by atoms with Crippen LogP contribution in [0, 0.1) is 0 Å². The van der Waals surface area contributed by atoms with E-state index in [1.165, 1.54) is 4.90 Å². The molecule has 0 unspecified atom stereocenters. The van der Waals surface area contributed by atoms with Crippen LogP contribution in [0.3, 0.4) is 0 Å². The average molecular weight is 471 g/mol. The van der Waals surface area contributed by atoms with Crippen LogP contribution in [-0.2, 0) is 22.6 Å². The first-order valence-electron chi connectivity index (χ1n) is 11.7. The number of aromatic nitrogens is 1. The van der Waals surface area contributed by atoms with Gasteiger partial charge in [-0.2, -0.15) is 0 Å². The highest BCUT2D eigenvalue weighted by Gasteiger charge is 2.46. The number of aliphatic hydroxyl groups excluding tert-OH is 1. The number of pyridine rings is 1. The topological polar surface area (TPSA) is 89.0 Å². The summed E-state index contributed by atoms with van der Waals surface area (Å²) in [6.45, 7) is 4.55. The van der Waals surface area contributed by atoms with Crippen LogP contribution in [0.25, 0.3) is 5.76 Å². The van der Waals surface area contributed by atoms with Crippen molar-refractivity contribution >= 4 is 17.4 Å². The zero-order valence-corrected chi connectivity index (χ0v) is 19.6. The second-order valence-electron chi connectivity index (χ2n) is 8.74. The number of hydrogen-bond donors (Lipinski definition) is 1. The van der Waals surface area contributed by atoms with Crippen LogP contribution in [0.1, 0.15) is 42.1 Å². The first-order chi connectivity index (χ1) is 17.0. The second-order valence-corrected chi connectivity index (χ2v) is 8.74. The minimum absolute atomic E-state index is 0.0506. The molecule has 7 nitrogen and oxygen atoms in total. The van der Waals surface area contributed by atoms with Crippen LogP contribution in [0.5, 0.6) is 11.5 Å². The quantitative estimate of drug-likeness (QED) is 0.326. The normalized spacial score (nSPS) is 20.6. The van der Waals surface area contributed by atoms with Gasteiger partial charge in [0.1, 0.15) is 23.4 Å². The Bertz CT molecular complexity index is 1320. The highest BCUT2D eigenvalue weighted by molar-refractivity contribution is 6.46. The molecule has 3 heterocycles. The number of rotatable bonds is 6. The van der Waals surface area contributed by atoms with E-state index in [4.69, 9.17) is 9.47 Å². The highest BCUT2D eigenvalue weighted by Crippen LogP contribution is 2.42. The largest absolute Gasteiger partial charge is 0.507 e. The average Bonchev–Trinajstić information content (AvgIpc) is 3.35. The predicted molar refractivity (Wildman–Crippen MR) is 130 cm³/mol. The summed E-state index contributed by atoms with van der Waals surface area (Å²) >= 11 is 0. The molecule has 1 aromatic heterocycles. The molecular weight excluding hydrogens is 444 g/mol. The maximum atomic E-state index is 13.3. The summed E-state index contributed by atoms with van der Waals surface area (Å²) in [6.07, 6.45) is 4.05. The molecule has 1 N–H and O–H groups in total. The van der Waals surface area contributed by atoms with E-state index in [2.05, 4.69) is 4.98 Å². The van der Waals surface area contributed by atoms with Crippen molar-refractivity contribution in [2.24, 2.45) is 0 Å². The van der Waals surface area contributed by atoms with Crippen LogP contribution in [0.4, 0.5) is 0 Å². The molecule has 1 fully saturated rings. The Hall–Kier alpha value is -4.13. The number of nitrogens with zero attached hydrogens (tertiary/aromatic N) is 2. The maximum Gasteiger partial charge on any atom is 0.295 e. The summed E-state index contributed by atoms with van der Waals surface area (Å²) in [6, 6.07) is 15.5. The van der Waals surface area contributed by atoms with E-state index in [1.807, 2.05) is 44.2 Å². The molecule has 1 amide bonds. The number of fused-ring (bicyclic) bond motifs is 1. The van der Waals surface area contributed by atoms with Crippen molar-refractivity contribution in [2.45, 2.75) is 39.0 Å². The van der Waals surface area contributed by atoms with Crippen molar-refractivity contribution in [3.63, 3.8) is 0 Å². The SMILES string of the molecule is CCOc1cccc([C@H]2C(=C(O)c3ccc4c(c3)C[C@@H](C)O4)C(=O)C(=O)N2Cc2ccncc2)c1. The van der Waals surface area contributed by atoms with E-state index in [-0.39, 0.29) is 24.0 Å². The van der Waals surface area contributed by atoms with Crippen LogP contribution in [0.2, 0.25) is 0 Å². The number of carbonyl (C=O) groups excluding carboxylic acids is 2. The lowest BCUT2D eigenvalue weighted by Crippen LogP contribution is -2.29. The minimum atomic E-state index is -0.771. The zero-order valence-electron chi connectivity index (χ0n) is 19.6.